The van der Waals surface area contributed by atoms with E-state index in [4.69, 9.17) is 21.3 Å². The molecule has 1 aliphatic carbocycles. The molecule has 37 heavy (non-hydrogen) atoms. The Labute approximate surface area is 219 Å². The fourth-order valence-corrected chi connectivity index (χ4v) is 6.46. The minimum Gasteiger partial charge on any atom is -0.487 e. The number of rotatable bonds is 4. The Kier molecular flexibility index (Phi) is 5.08. The second kappa shape index (κ2) is 8.07. The lowest BCUT2D eigenvalue weighted by Gasteiger charge is -2.59. The summed E-state index contributed by atoms with van der Waals surface area (Å²) in [6.07, 6.45) is 3.25. The summed E-state index contributed by atoms with van der Waals surface area (Å²) >= 11 is 6.47. The first-order valence-corrected chi connectivity index (χ1v) is 13.2. The zero-order valence-corrected chi connectivity index (χ0v) is 21.7. The molecule has 0 unspecified atom stereocenters. The van der Waals surface area contributed by atoms with Crippen molar-refractivity contribution < 1.29 is 13.5 Å². The first-order chi connectivity index (χ1) is 17.7. The lowest BCUT2D eigenvalue weighted by atomic mass is 9.73. The predicted octanol–water partition coefficient (Wildman–Crippen LogP) is 3.78. The lowest BCUT2D eigenvalue weighted by Crippen LogP contribution is -2.71. The fraction of sp³-hybridized carbons (Fsp3) is 0.538. The van der Waals surface area contributed by atoms with Gasteiger partial charge in [0.2, 0.25) is 5.95 Å². The molecule has 0 amide bonds. The normalized spacial score (nSPS) is 25.8. The molecular weight excluding hydrogens is 500 g/mol. The van der Waals surface area contributed by atoms with Crippen molar-refractivity contribution in [3.8, 4) is 0 Å². The Morgan fingerprint density at radius 1 is 1.16 bits per heavy atom. The standard InChI is InChI=1S/C26H30ClF2N7O/c1-34-10-25(11-34)12-36(13-25)24-30-8-18(27)23(33-24)31-16-5-6-19-17(7-16)21-20(9-35(19)2)37-14-26(28,29)22(32-21)15-3-4-15/h5-8,15,22,32H,3-4,9-14H2,1-2H3,(H,30,31,33)/t22-/m0/s1. The van der Waals surface area contributed by atoms with Crippen LogP contribution in [0.5, 0.6) is 0 Å². The van der Waals surface area contributed by atoms with Crippen LogP contribution in [0.25, 0.3) is 5.70 Å². The zero-order chi connectivity index (χ0) is 25.5. The average molecular weight is 530 g/mol. The molecule has 7 rings (SSSR count). The summed E-state index contributed by atoms with van der Waals surface area (Å²) in [5, 5.41) is 6.95. The van der Waals surface area contributed by atoms with E-state index in [0.717, 1.165) is 56.0 Å². The van der Waals surface area contributed by atoms with Crippen LogP contribution < -0.4 is 20.4 Å². The SMILES string of the molecule is CN1CC2(C1)CN(c1ncc(Cl)c(Nc3ccc4c(c3)C3=C(CN4C)OCC(F)(F)[C@H](C4CC4)N3)n1)C2. The van der Waals surface area contributed by atoms with Gasteiger partial charge in [0, 0.05) is 55.6 Å². The highest BCUT2D eigenvalue weighted by molar-refractivity contribution is 6.32. The van der Waals surface area contributed by atoms with Crippen molar-refractivity contribution in [2.75, 3.05) is 68.5 Å². The maximum atomic E-state index is 14.9. The Morgan fingerprint density at radius 2 is 1.95 bits per heavy atom. The van der Waals surface area contributed by atoms with Crippen LogP contribution >= 0.6 is 11.6 Å². The van der Waals surface area contributed by atoms with E-state index in [1.54, 1.807) is 6.20 Å². The van der Waals surface area contributed by atoms with Crippen molar-refractivity contribution in [1.82, 2.24) is 20.2 Å². The molecule has 4 aliphatic heterocycles. The average Bonchev–Trinajstić information content (AvgIpc) is 3.65. The highest BCUT2D eigenvalue weighted by atomic mass is 35.5. The van der Waals surface area contributed by atoms with Crippen LogP contribution in [-0.4, -0.2) is 80.3 Å². The van der Waals surface area contributed by atoms with Crippen LogP contribution in [0, 0.1) is 11.3 Å². The summed E-state index contributed by atoms with van der Waals surface area (Å²) in [6.45, 7) is 3.93. The van der Waals surface area contributed by atoms with Gasteiger partial charge in [0.1, 0.15) is 10.8 Å². The molecule has 1 spiro atoms. The van der Waals surface area contributed by atoms with E-state index in [9.17, 15) is 8.78 Å². The third-order valence-corrected chi connectivity index (χ3v) is 8.44. The topological polar surface area (TPSA) is 68.8 Å². The van der Waals surface area contributed by atoms with Crippen LogP contribution in [0.2, 0.25) is 5.02 Å². The van der Waals surface area contributed by atoms with E-state index in [-0.39, 0.29) is 5.92 Å². The molecule has 1 aromatic carbocycles. The summed E-state index contributed by atoms with van der Waals surface area (Å²) in [4.78, 5) is 15.7. The van der Waals surface area contributed by atoms with Crippen LogP contribution in [-0.2, 0) is 4.74 Å². The largest absolute Gasteiger partial charge is 0.487 e. The van der Waals surface area contributed by atoms with Crippen molar-refractivity contribution in [1.29, 1.82) is 0 Å². The second-order valence-corrected chi connectivity index (χ2v) is 11.8. The molecule has 8 nitrogen and oxygen atoms in total. The maximum absolute atomic E-state index is 14.9. The molecule has 0 radical (unpaired) electrons. The summed E-state index contributed by atoms with van der Waals surface area (Å²) in [6, 6.07) is 4.96. The van der Waals surface area contributed by atoms with Gasteiger partial charge in [0.15, 0.2) is 12.4 Å². The molecule has 1 atom stereocenters. The molecular formula is C26H30ClF2N7O. The first-order valence-electron chi connectivity index (χ1n) is 12.8. The third kappa shape index (κ3) is 3.96. The van der Waals surface area contributed by atoms with Crippen molar-refractivity contribution in [3.63, 3.8) is 0 Å². The number of aromatic nitrogens is 2. The number of hydrogen-bond acceptors (Lipinski definition) is 8. The van der Waals surface area contributed by atoms with E-state index < -0.39 is 18.6 Å². The number of hydrogen-bond donors (Lipinski definition) is 2. The smallest absolute Gasteiger partial charge is 0.301 e. The quantitative estimate of drug-likeness (QED) is 0.620. The molecule has 2 aromatic rings. The van der Waals surface area contributed by atoms with Crippen LogP contribution in [0.15, 0.2) is 30.2 Å². The predicted molar refractivity (Wildman–Crippen MR) is 140 cm³/mol. The minimum atomic E-state index is -2.93. The Morgan fingerprint density at radius 3 is 2.68 bits per heavy atom. The Balaban J connectivity index is 1.16. The number of likely N-dealkylation sites (N-methyl/N-ethyl adjacent to an activating group) is 1. The van der Waals surface area contributed by atoms with Gasteiger partial charge in [-0.1, -0.05) is 11.6 Å². The van der Waals surface area contributed by atoms with Crippen LogP contribution in [0.1, 0.15) is 18.4 Å². The van der Waals surface area contributed by atoms with Crippen molar-refractivity contribution in [2.24, 2.45) is 11.3 Å². The highest BCUT2D eigenvalue weighted by Crippen LogP contribution is 2.45. The number of nitrogens with zero attached hydrogens (tertiary/aromatic N) is 5. The Hall–Kier alpha value is -2.85. The molecule has 1 aromatic heterocycles. The second-order valence-electron chi connectivity index (χ2n) is 11.4. The van der Waals surface area contributed by atoms with Gasteiger partial charge in [-0.05, 0) is 44.0 Å². The van der Waals surface area contributed by atoms with E-state index in [2.05, 4.69) is 32.5 Å². The van der Waals surface area contributed by atoms with Crippen molar-refractivity contribution in [3.05, 3.63) is 40.7 Å². The number of ether oxygens (including phenoxy) is 1. The Bertz CT molecular complexity index is 1290. The van der Waals surface area contributed by atoms with Gasteiger partial charge in [-0.3, -0.25) is 0 Å². The number of halogens is 3. The summed E-state index contributed by atoms with van der Waals surface area (Å²) in [5.74, 6) is -1.24. The molecule has 0 bridgehead atoms. The molecule has 196 valence electrons. The third-order valence-electron chi connectivity index (χ3n) is 8.16. The van der Waals surface area contributed by atoms with Gasteiger partial charge < -0.3 is 30.1 Å². The van der Waals surface area contributed by atoms with E-state index in [1.807, 2.05) is 30.1 Å². The zero-order valence-electron chi connectivity index (χ0n) is 20.9. The molecule has 3 fully saturated rings. The number of alkyl halides is 2. The maximum Gasteiger partial charge on any atom is 0.301 e. The molecule has 2 saturated heterocycles. The number of nitrogens with one attached hydrogen (secondary N) is 2. The highest BCUT2D eigenvalue weighted by Gasteiger charge is 2.52. The monoisotopic (exact) mass is 529 g/mol. The molecule has 5 heterocycles. The molecule has 11 heteroatoms. The van der Waals surface area contributed by atoms with Gasteiger partial charge in [0.05, 0.1) is 24.5 Å². The van der Waals surface area contributed by atoms with Gasteiger partial charge in [0.25, 0.3) is 0 Å². The first kappa shape index (κ1) is 23.3. The molecule has 5 aliphatic rings. The number of anilines is 4. The van der Waals surface area contributed by atoms with Crippen molar-refractivity contribution >= 4 is 40.4 Å². The van der Waals surface area contributed by atoms with Crippen LogP contribution in [0.3, 0.4) is 0 Å². The molecule has 2 N–H and O–H groups in total. The summed E-state index contributed by atoms with van der Waals surface area (Å²) < 4.78 is 35.5. The number of benzene rings is 1. The van der Waals surface area contributed by atoms with Crippen molar-refractivity contribution in [2.45, 2.75) is 24.8 Å². The van der Waals surface area contributed by atoms with E-state index in [0.29, 0.717) is 40.2 Å². The summed E-state index contributed by atoms with van der Waals surface area (Å²) in [7, 11) is 4.08. The van der Waals surface area contributed by atoms with E-state index >= 15 is 0 Å². The minimum absolute atomic E-state index is 0.0333. The van der Waals surface area contributed by atoms with Crippen LogP contribution in [0.4, 0.5) is 31.9 Å². The van der Waals surface area contributed by atoms with E-state index in [1.165, 1.54) is 0 Å². The molecule has 1 saturated carbocycles. The van der Waals surface area contributed by atoms with Gasteiger partial charge in [-0.2, -0.15) is 4.98 Å². The fourth-order valence-electron chi connectivity index (χ4n) is 6.32. The lowest BCUT2D eigenvalue weighted by molar-refractivity contribution is -0.0833. The number of fused-ring (bicyclic) bond motifs is 2. The van der Waals surface area contributed by atoms with Gasteiger partial charge in [-0.25, -0.2) is 13.8 Å². The summed E-state index contributed by atoms with van der Waals surface area (Å²) in [5.41, 5.74) is 3.54. The van der Waals surface area contributed by atoms with Gasteiger partial charge >= 0.3 is 5.92 Å². The number of likely N-dealkylation sites (tertiary alicyclic amines) is 1. The van der Waals surface area contributed by atoms with Gasteiger partial charge in [-0.15, -0.1) is 0 Å².